The number of ether oxygens (including phenoxy) is 4. The third kappa shape index (κ3) is 8.28. The summed E-state index contributed by atoms with van der Waals surface area (Å²) in [7, 11) is -10.9. The molecule has 2 N–H and O–H groups in total. The van der Waals surface area contributed by atoms with Crippen molar-refractivity contribution in [3.8, 4) is 0 Å². The van der Waals surface area contributed by atoms with Gasteiger partial charge in [-0.15, -0.1) is 0 Å². The first-order valence-corrected chi connectivity index (χ1v) is 16.4. The number of nitrogens with zero attached hydrogens (tertiary/aromatic N) is 2. The Morgan fingerprint density at radius 2 is 1.47 bits per heavy atom. The molecule has 0 radical (unpaired) electrons. The number of anilines is 1. The van der Waals surface area contributed by atoms with Gasteiger partial charge >= 0.3 is 19.9 Å². The van der Waals surface area contributed by atoms with E-state index >= 15 is 0 Å². The van der Waals surface area contributed by atoms with Crippen LogP contribution < -0.4 is 4.31 Å². The van der Waals surface area contributed by atoms with E-state index in [1.807, 2.05) is 0 Å². The molecule has 17 heteroatoms. The molecule has 0 amide bonds. The van der Waals surface area contributed by atoms with Crippen LogP contribution in [0, 0.1) is 0 Å². The summed E-state index contributed by atoms with van der Waals surface area (Å²) < 4.78 is 62.6. The van der Waals surface area contributed by atoms with Gasteiger partial charge in [0, 0.05) is 21.6 Å². The first-order chi connectivity index (χ1) is 20.0. The zero-order valence-corrected chi connectivity index (χ0v) is 26.6. The maximum atomic E-state index is 14.4. The van der Waals surface area contributed by atoms with Crippen LogP contribution >= 0.6 is 30.8 Å². The highest BCUT2D eigenvalue weighted by Crippen LogP contribution is 2.56. The molecule has 43 heavy (non-hydrogen) atoms. The first kappa shape index (κ1) is 34.4. The van der Waals surface area contributed by atoms with E-state index in [0.29, 0.717) is 15.2 Å². The minimum absolute atomic E-state index is 0.107. The first-order valence-electron chi connectivity index (χ1n) is 12.5. The normalized spacial score (nSPS) is 12.3. The van der Waals surface area contributed by atoms with Crippen molar-refractivity contribution in [3.05, 3.63) is 64.8 Å². The van der Waals surface area contributed by atoms with Crippen molar-refractivity contribution in [3.63, 3.8) is 0 Å². The quantitative estimate of drug-likeness (QED) is 0.186. The van der Waals surface area contributed by atoms with Crippen molar-refractivity contribution in [2.24, 2.45) is 0 Å². The van der Waals surface area contributed by atoms with Gasteiger partial charge in [0.15, 0.2) is 0 Å². The standard InChI is InChI=1S/C26H29Cl2N2O11PS/c1-16(2)40-24(31)38-14-26(42(33,34)35,15-39-25(32)41-17(3)4)30(21-7-8-23-18(10-21)6-5-9-29-23)43(36,37)22-12-19(27)11-20(28)13-22/h5-13,16-17H,14-15H2,1-4H3,(H2,33,34,35). The maximum absolute atomic E-state index is 14.4. The van der Waals surface area contributed by atoms with Crippen LogP contribution in [0.4, 0.5) is 15.3 Å². The monoisotopic (exact) mass is 678 g/mol. The molecule has 0 spiro atoms. The Balaban J connectivity index is 2.37. The van der Waals surface area contributed by atoms with Gasteiger partial charge < -0.3 is 28.7 Å². The molecule has 3 rings (SSSR count). The van der Waals surface area contributed by atoms with E-state index in [-0.39, 0.29) is 15.7 Å². The number of carbonyl (C=O) groups excluding carboxylic acids is 2. The number of benzene rings is 2. The topological polar surface area (TPSA) is 179 Å². The Hall–Kier alpha value is -3.13. The number of rotatable bonds is 11. The summed E-state index contributed by atoms with van der Waals surface area (Å²) in [4.78, 5) is 50.1. The van der Waals surface area contributed by atoms with Gasteiger partial charge in [-0.2, -0.15) is 0 Å². The summed E-state index contributed by atoms with van der Waals surface area (Å²) in [6.07, 6.45) is -2.65. The van der Waals surface area contributed by atoms with E-state index in [2.05, 4.69) is 4.98 Å². The SMILES string of the molecule is CC(C)OC(=O)OCC(COC(=O)OC(C)C)(N(c1ccc2ncccc2c1)S(=O)(=O)c1cc(Cl)cc(Cl)c1)P(=O)(O)O. The predicted octanol–water partition coefficient (Wildman–Crippen LogP) is 5.73. The second kappa shape index (κ2) is 13.7. The summed E-state index contributed by atoms with van der Waals surface area (Å²) in [5, 5.41) is -2.94. The van der Waals surface area contributed by atoms with Crippen molar-refractivity contribution in [1.82, 2.24) is 4.98 Å². The molecular weight excluding hydrogens is 650 g/mol. The van der Waals surface area contributed by atoms with Gasteiger partial charge in [0.1, 0.15) is 13.2 Å². The number of sulfonamides is 1. The Bertz CT molecular complexity index is 1600. The fourth-order valence-corrected chi connectivity index (χ4v) is 7.64. The molecule has 13 nitrogen and oxygen atoms in total. The van der Waals surface area contributed by atoms with Crippen molar-refractivity contribution < 1.29 is 51.3 Å². The predicted molar refractivity (Wildman–Crippen MR) is 158 cm³/mol. The Morgan fingerprint density at radius 1 is 0.930 bits per heavy atom. The molecule has 2 aromatic carbocycles. The molecule has 0 aliphatic rings. The molecule has 0 atom stereocenters. The van der Waals surface area contributed by atoms with Gasteiger partial charge in [-0.3, -0.25) is 9.55 Å². The lowest BCUT2D eigenvalue weighted by Crippen LogP contribution is -2.58. The smallest absolute Gasteiger partial charge is 0.432 e. The number of pyridine rings is 1. The summed E-state index contributed by atoms with van der Waals surface area (Å²) in [5.74, 6) is 0. The van der Waals surface area contributed by atoms with E-state index in [9.17, 15) is 32.4 Å². The average molecular weight is 679 g/mol. The van der Waals surface area contributed by atoms with Crippen LogP contribution in [0.15, 0.2) is 59.6 Å². The molecular formula is C26H29Cl2N2O11PS. The lowest BCUT2D eigenvalue weighted by Gasteiger charge is -2.42. The largest absolute Gasteiger partial charge is 0.508 e. The second-order valence-electron chi connectivity index (χ2n) is 9.69. The van der Waals surface area contributed by atoms with Crippen LogP contribution in [0.1, 0.15) is 27.7 Å². The molecule has 1 heterocycles. The van der Waals surface area contributed by atoms with Gasteiger partial charge in [-0.1, -0.05) is 29.3 Å². The Kier molecular flexibility index (Phi) is 10.9. The fraction of sp³-hybridized carbons (Fsp3) is 0.346. The minimum atomic E-state index is -5.81. The maximum Gasteiger partial charge on any atom is 0.508 e. The Labute approximate surface area is 257 Å². The molecule has 0 saturated carbocycles. The summed E-state index contributed by atoms with van der Waals surface area (Å²) in [5.41, 5.74) is 0.103. The van der Waals surface area contributed by atoms with Crippen molar-refractivity contribution in [2.75, 3.05) is 17.5 Å². The lowest BCUT2D eigenvalue weighted by atomic mass is 10.2. The van der Waals surface area contributed by atoms with E-state index < -0.39 is 65.5 Å². The summed E-state index contributed by atoms with van der Waals surface area (Å²) in [6, 6.07) is 10.3. The number of hydrogen-bond acceptors (Lipinski definition) is 10. The third-order valence-corrected chi connectivity index (χ3v) is 9.61. The number of hydrogen-bond donors (Lipinski definition) is 2. The lowest BCUT2D eigenvalue weighted by molar-refractivity contribution is 0.00557. The fourth-order valence-electron chi connectivity index (χ4n) is 3.82. The van der Waals surface area contributed by atoms with Gasteiger partial charge in [0.25, 0.3) is 10.0 Å². The van der Waals surface area contributed by atoms with Crippen molar-refractivity contribution in [2.45, 2.75) is 50.1 Å². The molecule has 0 fully saturated rings. The number of halogens is 2. The van der Waals surface area contributed by atoms with E-state index in [0.717, 1.165) is 12.1 Å². The van der Waals surface area contributed by atoms with Crippen LogP contribution in [0.25, 0.3) is 10.9 Å². The van der Waals surface area contributed by atoms with Crippen LogP contribution in [-0.2, 0) is 33.5 Å². The second-order valence-corrected chi connectivity index (χ2v) is 14.3. The van der Waals surface area contributed by atoms with Crippen LogP contribution in [0.3, 0.4) is 0 Å². The van der Waals surface area contributed by atoms with Crippen LogP contribution in [-0.4, -0.2) is 66.2 Å². The molecule has 234 valence electrons. The highest BCUT2D eigenvalue weighted by Gasteiger charge is 2.59. The summed E-state index contributed by atoms with van der Waals surface area (Å²) in [6.45, 7) is 3.29. The molecule has 0 aliphatic heterocycles. The van der Waals surface area contributed by atoms with Crippen LogP contribution in [0.2, 0.25) is 10.0 Å². The molecule has 3 aromatic rings. The summed E-state index contributed by atoms with van der Waals surface area (Å²) >= 11 is 12.2. The third-order valence-electron chi connectivity index (χ3n) is 5.62. The highest BCUT2D eigenvalue weighted by atomic mass is 35.5. The van der Waals surface area contributed by atoms with Gasteiger partial charge in [-0.25, -0.2) is 22.3 Å². The molecule has 0 unspecified atom stereocenters. The minimum Gasteiger partial charge on any atom is -0.432 e. The molecule has 0 aliphatic carbocycles. The van der Waals surface area contributed by atoms with Gasteiger partial charge in [0.05, 0.1) is 28.3 Å². The number of fused-ring (bicyclic) bond motifs is 1. The Morgan fingerprint density at radius 3 is 1.95 bits per heavy atom. The van der Waals surface area contributed by atoms with Crippen molar-refractivity contribution >= 4 is 69.7 Å². The zero-order chi connectivity index (χ0) is 32.2. The van der Waals surface area contributed by atoms with Crippen molar-refractivity contribution in [1.29, 1.82) is 0 Å². The van der Waals surface area contributed by atoms with Crippen LogP contribution in [0.5, 0.6) is 0 Å². The molecule has 0 bridgehead atoms. The number of aromatic nitrogens is 1. The van der Waals surface area contributed by atoms with E-state index in [4.69, 9.17) is 42.1 Å². The molecule has 0 saturated heterocycles. The average Bonchev–Trinajstić information content (AvgIpc) is 2.88. The highest BCUT2D eigenvalue weighted by molar-refractivity contribution is 7.93. The molecule has 1 aromatic heterocycles. The van der Waals surface area contributed by atoms with E-state index in [1.165, 1.54) is 58.2 Å². The van der Waals surface area contributed by atoms with Gasteiger partial charge in [0.2, 0.25) is 5.28 Å². The van der Waals surface area contributed by atoms with E-state index in [1.54, 1.807) is 12.1 Å². The zero-order valence-electron chi connectivity index (χ0n) is 23.3. The van der Waals surface area contributed by atoms with Gasteiger partial charge in [-0.05, 0) is 70.2 Å². The number of carbonyl (C=O) groups is 2.